The summed E-state index contributed by atoms with van der Waals surface area (Å²) < 4.78 is 13.1. The molecule has 0 atom stereocenters. The number of carbonyl (C=O) groups is 2. The van der Waals surface area contributed by atoms with Crippen LogP contribution in [0.25, 0.3) is 5.52 Å². The van der Waals surface area contributed by atoms with Crippen LogP contribution in [0.1, 0.15) is 62.3 Å². The maximum Gasteiger partial charge on any atom is 0.338 e. The quantitative estimate of drug-likeness (QED) is 0.802. The largest absolute Gasteiger partial charge is 0.589 e. The Hall–Kier alpha value is -2.90. The number of rotatable bonds is 4. The van der Waals surface area contributed by atoms with Gasteiger partial charge in [0.2, 0.25) is 0 Å². The summed E-state index contributed by atoms with van der Waals surface area (Å²) in [6.07, 6.45) is 1.15. The highest BCUT2D eigenvalue weighted by Crippen LogP contribution is 2.46. The van der Waals surface area contributed by atoms with Gasteiger partial charge >= 0.3 is 17.7 Å². The molecule has 4 N–H and O–H groups in total. The molecule has 0 unspecified atom stereocenters. The number of hydrogen-bond donors (Lipinski definition) is 2. The number of ether oxygens (including phenoxy) is 2. The lowest BCUT2D eigenvalue weighted by Crippen LogP contribution is -2.26. The van der Waals surface area contributed by atoms with Crippen molar-refractivity contribution in [3.63, 3.8) is 0 Å². The first kappa shape index (κ1) is 19.4. The van der Waals surface area contributed by atoms with Gasteiger partial charge in [0.15, 0.2) is 0 Å². The van der Waals surface area contributed by atoms with E-state index in [9.17, 15) is 19.8 Å². The number of fused-ring (bicyclic) bond motifs is 1. The van der Waals surface area contributed by atoms with Crippen molar-refractivity contribution in [1.29, 1.82) is 0 Å². The molecule has 0 aliphatic heterocycles. The summed E-state index contributed by atoms with van der Waals surface area (Å²) in [4.78, 5) is 22.9. The number of carboxylic acid groups (broad SMARTS) is 2. The Balaban J connectivity index is 2.89. The first-order valence-electron chi connectivity index (χ1n) is 7.99. The fourth-order valence-electron chi connectivity index (χ4n) is 2.38. The van der Waals surface area contributed by atoms with E-state index >= 15 is 0 Å². The van der Waals surface area contributed by atoms with E-state index in [1.54, 1.807) is 41.5 Å². The molecule has 0 aromatic carbocycles. The van der Waals surface area contributed by atoms with E-state index in [2.05, 4.69) is 0 Å². The van der Waals surface area contributed by atoms with Gasteiger partial charge in [0.1, 0.15) is 16.7 Å². The van der Waals surface area contributed by atoms with Crippen molar-refractivity contribution in [3.05, 3.63) is 23.4 Å². The number of aromatic carboxylic acids is 2. The Morgan fingerprint density at radius 3 is 1.88 bits per heavy atom. The first-order chi connectivity index (χ1) is 11.7. The van der Waals surface area contributed by atoms with Gasteiger partial charge in [0, 0.05) is 6.20 Å². The van der Waals surface area contributed by atoms with Crippen molar-refractivity contribution in [2.24, 2.45) is 0 Å². The Morgan fingerprint density at radius 1 is 0.962 bits per heavy atom. The molecule has 0 aliphatic rings. The van der Waals surface area contributed by atoms with Crippen LogP contribution in [0.2, 0.25) is 0 Å². The van der Waals surface area contributed by atoms with Crippen molar-refractivity contribution in [1.82, 2.24) is 4.40 Å². The van der Waals surface area contributed by atoms with Gasteiger partial charge < -0.3 is 24.8 Å². The molecular formula is C18H24NO7+. The number of hydrogen-bond acceptors (Lipinski definition) is 4. The van der Waals surface area contributed by atoms with E-state index in [0.717, 1.165) is 12.3 Å². The van der Waals surface area contributed by atoms with Gasteiger partial charge in [0.25, 0.3) is 11.6 Å². The summed E-state index contributed by atoms with van der Waals surface area (Å²) in [5.74, 6) is -2.55. The summed E-state index contributed by atoms with van der Waals surface area (Å²) >= 11 is 0. The van der Waals surface area contributed by atoms with E-state index in [4.69, 9.17) is 14.6 Å². The maximum atomic E-state index is 11.5. The zero-order valence-corrected chi connectivity index (χ0v) is 15.6. The van der Waals surface area contributed by atoms with Crippen molar-refractivity contribution in [3.8, 4) is 17.4 Å². The predicted molar refractivity (Wildman–Crippen MR) is 95.1 cm³/mol. The summed E-state index contributed by atoms with van der Waals surface area (Å²) in [5, 5.41) is 27.1. The Morgan fingerprint density at radius 2 is 1.46 bits per heavy atom. The van der Waals surface area contributed by atoms with Crippen molar-refractivity contribution in [2.45, 2.75) is 52.7 Å². The number of aromatic nitrogens is 1. The van der Waals surface area contributed by atoms with Crippen molar-refractivity contribution >= 4 is 17.5 Å². The second-order valence-corrected chi connectivity index (χ2v) is 7.90. The average molecular weight is 366 g/mol. The normalized spacial score (nSPS) is 12.2. The molecule has 2 heterocycles. The van der Waals surface area contributed by atoms with E-state index < -0.39 is 34.3 Å². The zero-order chi connectivity index (χ0) is 20.0. The molecule has 0 bridgehead atoms. The number of carboxylic acids is 2. The molecule has 0 aliphatic carbocycles. The van der Waals surface area contributed by atoms with Crippen LogP contribution in [0, 0.1) is 0 Å². The minimum absolute atomic E-state index is 0.0707. The van der Waals surface area contributed by atoms with E-state index in [0.29, 0.717) is 0 Å². The standard InChI is InChI=1S/C18H23NO7/c1-17(2,3)25-13-12(20)11-7-9(15(21)22)10(16(23)24)8-19(11)14(13)26-18(4,5)6/h7-8,20H,1-6H3,(H,21,22)(H,23,24)/p+1. The monoisotopic (exact) mass is 366 g/mol. The number of nitrogens with zero attached hydrogens (tertiary/aromatic N) is 1. The lowest BCUT2D eigenvalue weighted by Gasteiger charge is -2.24. The van der Waals surface area contributed by atoms with Gasteiger partial charge in [-0.3, -0.25) is 4.40 Å². The van der Waals surface area contributed by atoms with Crippen LogP contribution in [0.3, 0.4) is 0 Å². The molecule has 2 aromatic heterocycles. The summed E-state index contributed by atoms with van der Waals surface area (Å²) in [7, 11) is 0. The van der Waals surface area contributed by atoms with Crippen molar-refractivity contribution in [2.75, 3.05) is 0 Å². The fraction of sp³-hybridized carbons (Fsp3) is 0.444. The molecule has 142 valence electrons. The minimum Gasteiger partial charge on any atom is -0.589 e. The van der Waals surface area contributed by atoms with Gasteiger partial charge in [-0.25, -0.2) is 9.59 Å². The van der Waals surface area contributed by atoms with Crippen LogP contribution >= 0.6 is 0 Å². The second-order valence-electron chi connectivity index (χ2n) is 7.90. The maximum absolute atomic E-state index is 11.5. The van der Waals surface area contributed by atoms with Gasteiger partial charge in [-0.05, 0) is 47.6 Å². The van der Waals surface area contributed by atoms with Gasteiger partial charge in [0.05, 0.1) is 11.1 Å². The Kier molecular flexibility index (Phi) is 4.57. The zero-order valence-electron chi connectivity index (χ0n) is 15.6. The van der Waals surface area contributed by atoms with Crippen LogP contribution in [-0.2, 0) is 0 Å². The highest BCUT2D eigenvalue weighted by molar-refractivity contribution is 6.03. The van der Waals surface area contributed by atoms with Crippen LogP contribution < -0.4 is 9.47 Å². The van der Waals surface area contributed by atoms with Crippen LogP contribution in [0.5, 0.6) is 17.4 Å². The number of pyridine rings is 1. The molecule has 0 saturated heterocycles. The SMILES string of the molecule is CC(C)(C)Oc1c([OH2+])c2cc(C(=O)O)c(C(=O)O)cn2c1OC(C)(C)C. The van der Waals surface area contributed by atoms with E-state index in [1.807, 2.05) is 0 Å². The van der Waals surface area contributed by atoms with Crippen LogP contribution in [0.15, 0.2) is 12.3 Å². The molecule has 0 saturated carbocycles. The molecular weight excluding hydrogens is 342 g/mol. The molecule has 2 aromatic rings. The molecule has 0 radical (unpaired) electrons. The topological polar surface area (TPSA) is 120 Å². The highest BCUT2D eigenvalue weighted by Gasteiger charge is 2.33. The fourth-order valence-corrected chi connectivity index (χ4v) is 2.38. The molecule has 0 fully saturated rings. The third kappa shape index (κ3) is 3.84. The van der Waals surface area contributed by atoms with E-state index in [-0.39, 0.29) is 22.9 Å². The highest BCUT2D eigenvalue weighted by atomic mass is 16.6. The Labute approximate surface area is 150 Å². The summed E-state index contributed by atoms with van der Waals surface area (Å²) in [6.45, 7) is 10.8. The molecule has 0 amide bonds. The molecule has 26 heavy (non-hydrogen) atoms. The van der Waals surface area contributed by atoms with E-state index in [1.165, 1.54) is 4.40 Å². The van der Waals surface area contributed by atoms with Gasteiger partial charge in [-0.1, -0.05) is 0 Å². The molecule has 8 nitrogen and oxygen atoms in total. The minimum atomic E-state index is -1.39. The average Bonchev–Trinajstić information content (AvgIpc) is 2.68. The molecule has 8 heteroatoms. The van der Waals surface area contributed by atoms with Gasteiger partial charge in [-0.2, -0.15) is 0 Å². The van der Waals surface area contributed by atoms with Gasteiger partial charge in [-0.15, -0.1) is 0 Å². The van der Waals surface area contributed by atoms with Crippen LogP contribution in [0.4, 0.5) is 0 Å². The predicted octanol–water partition coefficient (Wildman–Crippen LogP) is 3.13. The lowest BCUT2D eigenvalue weighted by atomic mass is 10.1. The third-order valence-electron chi connectivity index (χ3n) is 3.26. The first-order valence-corrected chi connectivity index (χ1v) is 7.99. The Bertz CT molecular complexity index is 882. The molecule has 2 rings (SSSR count). The summed E-state index contributed by atoms with van der Waals surface area (Å²) in [6, 6.07) is 1.15. The second kappa shape index (κ2) is 6.12. The lowest BCUT2D eigenvalue weighted by molar-refractivity contribution is 0.0650. The van der Waals surface area contributed by atoms with Crippen LogP contribution in [-0.4, -0.2) is 42.9 Å². The molecule has 0 spiro atoms. The smallest absolute Gasteiger partial charge is 0.338 e. The van der Waals surface area contributed by atoms with Crippen molar-refractivity contribution < 1.29 is 34.4 Å². The summed E-state index contributed by atoms with van der Waals surface area (Å²) in [5.41, 5.74) is -1.90. The third-order valence-corrected chi connectivity index (χ3v) is 3.26.